The van der Waals surface area contributed by atoms with Gasteiger partial charge in [-0.25, -0.2) is 9.98 Å². The highest BCUT2D eigenvalue weighted by Gasteiger charge is 2.26. The summed E-state index contributed by atoms with van der Waals surface area (Å²) >= 11 is 0. The van der Waals surface area contributed by atoms with Crippen LogP contribution in [0, 0.1) is 0 Å². The van der Waals surface area contributed by atoms with Crippen LogP contribution < -0.4 is 14.2 Å². The summed E-state index contributed by atoms with van der Waals surface area (Å²) in [6.07, 6.45) is 5.40. The third-order valence-electron chi connectivity index (χ3n) is 4.35. The lowest BCUT2D eigenvalue weighted by Crippen LogP contribution is -2.08. The van der Waals surface area contributed by atoms with Crippen molar-refractivity contribution in [3.63, 3.8) is 0 Å². The fourth-order valence-electron chi connectivity index (χ4n) is 3.04. The molecule has 134 valence electrons. The molecule has 0 spiro atoms. The van der Waals surface area contributed by atoms with Gasteiger partial charge in [0.05, 0.1) is 33.4 Å². The van der Waals surface area contributed by atoms with Crippen LogP contribution in [-0.4, -0.2) is 43.2 Å². The molecule has 0 saturated heterocycles. The highest BCUT2D eigenvalue weighted by Crippen LogP contribution is 2.41. The fourth-order valence-corrected chi connectivity index (χ4v) is 3.04. The van der Waals surface area contributed by atoms with Gasteiger partial charge < -0.3 is 23.3 Å². The van der Waals surface area contributed by atoms with Gasteiger partial charge in [-0.1, -0.05) is 0 Å². The van der Waals surface area contributed by atoms with Crippen molar-refractivity contribution in [2.75, 3.05) is 27.9 Å². The van der Waals surface area contributed by atoms with E-state index in [2.05, 4.69) is 9.98 Å². The molecule has 0 amide bonds. The highest BCUT2D eigenvalue weighted by molar-refractivity contribution is 5.95. The van der Waals surface area contributed by atoms with Crippen LogP contribution in [-0.2, 0) is 4.74 Å². The molecule has 7 nitrogen and oxygen atoms in total. The van der Waals surface area contributed by atoms with E-state index in [9.17, 15) is 0 Å². The summed E-state index contributed by atoms with van der Waals surface area (Å²) in [4.78, 5) is 8.80. The first-order chi connectivity index (χ1) is 12.7. The molecule has 1 aliphatic heterocycles. The Kier molecular flexibility index (Phi) is 4.12. The first kappa shape index (κ1) is 16.3. The van der Waals surface area contributed by atoms with Crippen molar-refractivity contribution in [2.24, 2.45) is 4.99 Å². The summed E-state index contributed by atoms with van der Waals surface area (Å²) < 4.78 is 24.2. The molecular formula is C19H19N3O4. The lowest BCUT2D eigenvalue weighted by Gasteiger charge is -2.17. The number of hydrogen-bond acceptors (Lipinski definition) is 6. The summed E-state index contributed by atoms with van der Waals surface area (Å²) in [7, 11) is 4.78. The van der Waals surface area contributed by atoms with Gasteiger partial charge in [-0.2, -0.15) is 0 Å². The topological polar surface area (TPSA) is 66.6 Å². The summed E-state index contributed by atoms with van der Waals surface area (Å²) in [6, 6.07) is 7.68. The van der Waals surface area contributed by atoms with Crippen LogP contribution in [0.1, 0.15) is 17.2 Å². The van der Waals surface area contributed by atoms with Crippen LogP contribution in [0.2, 0.25) is 0 Å². The molecule has 4 rings (SSSR count). The molecule has 0 radical (unpaired) electrons. The predicted molar refractivity (Wildman–Crippen MR) is 96.5 cm³/mol. The van der Waals surface area contributed by atoms with Gasteiger partial charge >= 0.3 is 0 Å². The Balaban J connectivity index is 1.61. The SMILES string of the molecule is COc1cc(C2CN=C(c3ccc4nccn4c3)O2)cc(OC)c1OC. The molecule has 2 aromatic heterocycles. The minimum Gasteiger partial charge on any atom is -0.493 e. The molecule has 0 saturated carbocycles. The van der Waals surface area contributed by atoms with E-state index in [1.54, 1.807) is 27.5 Å². The summed E-state index contributed by atoms with van der Waals surface area (Å²) in [5.41, 5.74) is 2.71. The van der Waals surface area contributed by atoms with E-state index in [4.69, 9.17) is 18.9 Å². The molecule has 0 fully saturated rings. The zero-order valence-electron chi connectivity index (χ0n) is 14.8. The van der Waals surface area contributed by atoms with E-state index in [1.807, 2.05) is 41.1 Å². The third kappa shape index (κ3) is 2.71. The van der Waals surface area contributed by atoms with E-state index in [1.165, 1.54) is 0 Å². The van der Waals surface area contributed by atoms with Gasteiger partial charge in [0.15, 0.2) is 11.5 Å². The number of nitrogens with zero attached hydrogens (tertiary/aromatic N) is 3. The fraction of sp³-hybridized carbons (Fsp3) is 0.263. The zero-order valence-corrected chi connectivity index (χ0v) is 14.8. The quantitative estimate of drug-likeness (QED) is 0.706. The van der Waals surface area contributed by atoms with Crippen LogP contribution >= 0.6 is 0 Å². The largest absolute Gasteiger partial charge is 0.493 e. The zero-order chi connectivity index (χ0) is 18.1. The van der Waals surface area contributed by atoms with Crippen LogP contribution in [0.4, 0.5) is 0 Å². The Morgan fingerprint density at radius 1 is 1.08 bits per heavy atom. The Hall–Kier alpha value is -3.22. The van der Waals surface area contributed by atoms with E-state index in [0.29, 0.717) is 29.7 Å². The lowest BCUT2D eigenvalue weighted by molar-refractivity contribution is 0.228. The molecule has 1 aliphatic rings. The standard InChI is InChI=1S/C19H19N3O4/c1-23-14-8-13(9-15(24-2)18(14)25-3)16-10-21-19(26-16)12-4-5-17-20-6-7-22(17)11-12/h4-9,11,16H,10H2,1-3H3. The van der Waals surface area contributed by atoms with Crippen LogP contribution in [0.5, 0.6) is 17.2 Å². The predicted octanol–water partition coefficient (Wildman–Crippen LogP) is 2.88. The monoisotopic (exact) mass is 353 g/mol. The van der Waals surface area contributed by atoms with Crippen LogP contribution in [0.25, 0.3) is 5.65 Å². The summed E-state index contributed by atoms with van der Waals surface area (Å²) in [6.45, 7) is 0.524. The van der Waals surface area contributed by atoms with Gasteiger partial charge in [-0.05, 0) is 24.3 Å². The molecule has 1 unspecified atom stereocenters. The molecule has 7 heteroatoms. The Morgan fingerprint density at radius 3 is 2.54 bits per heavy atom. The van der Waals surface area contributed by atoms with E-state index in [-0.39, 0.29) is 6.10 Å². The molecule has 3 aromatic rings. The molecular weight excluding hydrogens is 334 g/mol. The Morgan fingerprint density at radius 2 is 1.85 bits per heavy atom. The van der Waals surface area contributed by atoms with E-state index < -0.39 is 0 Å². The van der Waals surface area contributed by atoms with Crippen molar-refractivity contribution >= 4 is 11.5 Å². The molecule has 0 aliphatic carbocycles. The smallest absolute Gasteiger partial charge is 0.218 e. The second-order valence-corrected chi connectivity index (χ2v) is 5.82. The minimum atomic E-state index is -0.211. The van der Waals surface area contributed by atoms with E-state index in [0.717, 1.165) is 16.8 Å². The van der Waals surface area contributed by atoms with Crippen LogP contribution in [0.15, 0.2) is 47.8 Å². The number of rotatable bonds is 5. The van der Waals surface area contributed by atoms with Crippen molar-refractivity contribution in [3.8, 4) is 17.2 Å². The van der Waals surface area contributed by atoms with Gasteiger partial charge in [0.2, 0.25) is 11.6 Å². The maximum absolute atomic E-state index is 6.10. The molecule has 0 N–H and O–H groups in total. The minimum absolute atomic E-state index is 0.211. The summed E-state index contributed by atoms with van der Waals surface area (Å²) in [5, 5.41) is 0. The molecule has 26 heavy (non-hydrogen) atoms. The first-order valence-electron chi connectivity index (χ1n) is 8.17. The normalized spacial score (nSPS) is 16.3. The Labute approximate surface area is 150 Å². The number of aromatic nitrogens is 2. The van der Waals surface area contributed by atoms with Gasteiger partial charge in [-0.3, -0.25) is 0 Å². The van der Waals surface area contributed by atoms with Gasteiger partial charge in [0.1, 0.15) is 11.8 Å². The average molecular weight is 353 g/mol. The lowest BCUT2D eigenvalue weighted by atomic mass is 10.1. The molecule has 1 aromatic carbocycles. The van der Waals surface area contributed by atoms with Gasteiger partial charge in [0, 0.05) is 24.2 Å². The second kappa shape index (κ2) is 6.59. The average Bonchev–Trinajstić information content (AvgIpc) is 3.35. The van der Waals surface area contributed by atoms with Crippen molar-refractivity contribution in [3.05, 3.63) is 54.0 Å². The van der Waals surface area contributed by atoms with Crippen molar-refractivity contribution < 1.29 is 18.9 Å². The number of benzene rings is 1. The van der Waals surface area contributed by atoms with Crippen molar-refractivity contribution in [1.82, 2.24) is 9.38 Å². The number of ether oxygens (including phenoxy) is 4. The van der Waals surface area contributed by atoms with Crippen LogP contribution in [0.3, 0.4) is 0 Å². The highest BCUT2D eigenvalue weighted by atomic mass is 16.5. The third-order valence-corrected chi connectivity index (χ3v) is 4.35. The first-order valence-corrected chi connectivity index (χ1v) is 8.17. The number of methoxy groups -OCH3 is 3. The van der Waals surface area contributed by atoms with Crippen molar-refractivity contribution in [2.45, 2.75) is 6.10 Å². The number of aliphatic imine (C=N–C) groups is 1. The number of hydrogen-bond donors (Lipinski definition) is 0. The summed E-state index contributed by atoms with van der Waals surface area (Å²) in [5.74, 6) is 2.36. The maximum atomic E-state index is 6.10. The number of fused-ring (bicyclic) bond motifs is 1. The number of imidazole rings is 1. The molecule has 3 heterocycles. The molecule has 1 atom stereocenters. The van der Waals surface area contributed by atoms with Gasteiger partial charge in [-0.15, -0.1) is 0 Å². The van der Waals surface area contributed by atoms with Crippen molar-refractivity contribution in [1.29, 1.82) is 0 Å². The van der Waals surface area contributed by atoms with E-state index >= 15 is 0 Å². The second-order valence-electron chi connectivity index (χ2n) is 5.82. The Bertz CT molecular complexity index is 955. The molecule has 0 bridgehead atoms. The number of pyridine rings is 1. The maximum Gasteiger partial charge on any atom is 0.218 e. The van der Waals surface area contributed by atoms with Gasteiger partial charge in [0.25, 0.3) is 0 Å².